The van der Waals surface area contributed by atoms with E-state index in [1.54, 1.807) is 60.7 Å². The average molecular weight is 400 g/mol. The summed E-state index contributed by atoms with van der Waals surface area (Å²) in [5.74, 6) is -9.94. The zero-order chi connectivity index (χ0) is 20.6. The van der Waals surface area contributed by atoms with Crippen LogP contribution in [0.1, 0.15) is 11.1 Å². The van der Waals surface area contributed by atoms with Gasteiger partial charge in [-0.25, -0.2) is 0 Å². The molecule has 0 aliphatic heterocycles. The van der Waals surface area contributed by atoms with Crippen LogP contribution in [-0.4, -0.2) is 42.1 Å². The van der Waals surface area contributed by atoms with Gasteiger partial charge in [-0.15, -0.1) is 0 Å². The first-order chi connectivity index (χ1) is 13.3. The quantitative estimate of drug-likeness (QED) is 0.463. The second-order valence-corrected chi connectivity index (χ2v) is 6.15. The van der Waals surface area contributed by atoms with Crippen molar-refractivity contribution >= 4 is 6.29 Å². The summed E-state index contributed by atoms with van der Waals surface area (Å²) in [7, 11) is 0. The molecule has 0 heterocycles. The maximum atomic E-state index is 14.2. The fourth-order valence-electron chi connectivity index (χ4n) is 2.44. The Bertz CT molecular complexity index is 726. The summed E-state index contributed by atoms with van der Waals surface area (Å²) in [5.41, 5.74) is 1.15. The molecule has 0 bridgehead atoms. The van der Waals surface area contributed by atoms with Crippen LogP contribution in [0.5, 0.6) is 0 Å². The predicted molar refractivity (Wildman–Crippen MR) is 93.1 cm³/mol. The zero-order valence-electron chi connectivity index (χ0n) is 14.8. The molecular weight excluding hydrogens is 380 g/mol. The topological polar surface area (TPSA) is 55.8 Å². The van der Waals surface area contributed by atoms with Crippen molar-refractivity contribution in [2.45, 2.75) is 37.3 Å². The van der Waals surface area contributed by atoms with Crippen LogP contribution in [0.2, 0.25) is 0 Å². The second kappa shape index (κ2) is 9.77. The third kappa shape index (κ3) is 5.60. The van der Waals surface area contributed by atoms with Gasteiger partial charge in [-0.05, 0) is 11.1 Å². The van der Waals surface area contributed by atoms with Gasteiger partial charge in [0.2, 0.25) is 0 Å². The number of carbonyl (C=O) groups is 1. The van der Waals surface area contributed by atoms with Crippen LogP contribution in [0.25, 0.3) is 0 Å². The van der Waals surface area contributed by atoms with E-state index in [0.29, 0.717) is 11.1 Å². The molecule has 2 aromatic rings. The van der Waals surface area contributed by atoms with Crippen molar-refractivity contribution < 1.29 is 36.9 Å². The summed E-state index contributed by atoms with van der Waals surface area (Å²) in [6.45, 7) is -1.15. The van der Waals surface area contributed by atoms with Crippen molar-refractivity contribution in [3.05, 3.63) is 71.8 Å². The highest BCUT2D eigenvalue weighted by Gasteiger charge is 2.63. The molecule has 0 radical (unpaired) electrons. The van der Waals surface area contributed by atoms with Gasteiger partial charge in [0, 0.05) is 0 Å². The minimum Gasteiger partial charge on any atom is -0.388 e. The molecule has 0 unspecified atom stereocenters. The van der Waals surface area contributed by atoms with Gasteiger partial charge in [0.25, 0.3) is 0 Å². The van der Waals surface area contributed by atoms with E-state index in [-0.39, 0.29) is 6.61 Å². The number of benzene rings is 2. The Hall–Kier alpha value is -2.29. The van der Waals surface area contributed by atoms with Crippen molar-refractivity contribution in [3.8, 4) is 0 Å². The summed E-state index contributed by atoms with van der Waals surface area (Å²) >= 11 is 0. The summed E-state index contributed by atoms with van der Waals surface area (Å²) in [6, 6.07) is 16.7. The van der Waals surface area contributed by atoms with E-state index >= 15 is 0 Å². The zero-order valence-corrected chi connectivity index (χ0v) is 14.8. The van der Waals surface area contributed by atoms with Crippen molar-refractivity contribution in [2.24, 2.45) is 0 Å². The fraction of sp³-hybridized carbons (Fsp3) is 0.350. The molecule has 0 spiro atoms. The van der Waals surface area contributed by atoms with Gasteiger partial charge in [-0.3, -0.25) is 4.79 Å². The molecule has 0 fully saturated rings. The van der Waals surface area contributed by atoms with Crippen LogP contribution >= 0.6 is 0 Å². The Morgan fingerprint density at radius 3 is 1.89 bits per heavy atom. The second-order valence-electron chi connectivity index (χ2n) is 6.15. The van der Waals surface area contributed by atoms with Crippen molar-refractivity contribution in [1.29, 1.82) is 0 Å². The van der Waals surface area contributed by atoms with E-state index in [1.165, 1.54) is 0 Å². The van der Waals surface area contributed by atoms with E-state index in [2.05, 4.69) is 0 Å². The smallest absolute Gasteiger partial charge is 0.367 e. The number of carbonyl (C=O) groups excluding carboxylic acids is 1. The Balaban J connectivity index is 2.08. The predicted octanol–water partition coefficient (Wildman–Crippen LogP) is 3.62. The molecule has 2 atom stereocenters. The average Bonchev–Trinajstić information content (AvgIpc) is 2.69. The molecule has 2 aromatic carbocycles. The molecule has 0 saturated heterocycles. The maximum Gasteiger partial charge on any atom is 0.367 e. The molecule has 1 N–H and O–H groups in total. The first-order valence-corrected chi connectivity index (χ1v) is 8.45. The SMILES string of the molecule is O=CC(F)(F)C(F)(F)[C@@H](OCc1ccccc1)[C@H](O)COCc1ccccc1. The number of hydrogen-bond donors (Lipinski definition) is 1. The Morgan fingerprint density at radius 1 is 0.893 bits per heavy atom. The van der Waals surface area contributed by atoms with Crippen LogP contribution in [0.4, 0.5) is 17.6 Å². The Labute approximate surface area is 159 Å². The number of ether oxygens (including phenoxy) is 2. The Kier molecular flexibility index (Phi) is 7.68. The van der Waals surface area contributed by atoms with Crippen molar-refractivity contribution in [2.75, 3.05) is 6.61 Å². The summed E-state index contributed by atoms with van der Waals surface area (Å²) in [4.78, 5) is 10.5. The van der Waals surface area contributed by atoms with Gasteiger partial charge < -0.3 is 14.6 Å². The monoisotopic (exact) mass is 400 g/mol. The highest BCUT2D eigenvalue weighted by atomic mass is 19.3. The minimum absolute atomic E-state index is 0.0149. The molecule has 152 valence electrons. The van der Waals surface area contributed by atoms with Gasteiger partial charge in [-0.1, -0.05) is 60.7 Å². The lowest BCUT2D eigenvalue weighted by Gasteiger charge is -2.33. The van der Waals surface area contributed by atoms with Gasteiger partial charge in [-0.2, -0.15) is 17.6 Å². The third-order valence-electron chi connectivity index (χ3n) is 3.97. The fourth-order valence-corrected chi connectivity index (χ4v) is 2.44. The molecule has 4 nitrogen and oxygen atoms in total. The highest BCUT2D eigenvalue weighted by Crippen LogP contribution is 2.38. The van der Waals surface area contributed by atoms with Gasteiger partial charge in [0.1, 0.15) is 6.10 Å². The first kappa shape index (κ1) is 22.0. The molecule has 28 heavy (non-hydrogen) atoms. The van der Waals surface area contributed by atoms with E-state index < -0.39 is 43.6 Å². The van der Waals surface area contributed by atoms with Crippen molar-refractivity contribution in [3.63, 3.8) is 0 Å². The number of halogens is 4. The van der Waals surface area contributed by atoms with E-state index in [4.69, 9.17) is 9.47 Å². The number of aldehydes is 1. The standard InChI is InChI=1S/C20H20F4O4/c21-19(22,14-25)20(23,24)18(28-12-16-9-5-2-6-10-16)17(26)13-27-11-15-7-3-1-4-8-15/h1-10,14,17-18,26H,11-13H2/t17-,18+/m1/s1. The molecule has 0 aromatic heterocycles. The first-order valence-electron chi connectivity index (χ1n) is 8.45. The Morgan fingerprint density at radius 2 is 1.39 bits per heavy atom. The number of hydrogen-bond acceptors (Lipinski definition) is 4. The molecule has 0 saturated carbocycles. The molecule has 0 amide bonds. The number of aliphatic hydroxyl groups is 1. The number of alkyl halides is 4. The lowest BCUT2D eigenvalue weighted by atomic mass is 10.0. The van der Waals surface area contributed by atoms with Gasteiger partial charge in [0.05, 0.1) is 19.8 Å². The summed E-state index contributed by atoms with van der Waals surface area (Å²) in [5, 5.41) is 10.1. The van der Waals surface area contributed by atoms with E-state index in [0.717, 1.165) is 0 Å². The van der Waals surface area contributed by atoms with Crippen LogP contribution in [0.15, 0.2) is 60.7 Å². The number of aliphatic hydroxyl groups excluding tert-OH is 1. The van der Waals surface area contributed by atoms with Crippen LogP contribution in [0, 0.1) is 0 Å². The minimum atomic E-state index is -5.01. The van der Waals surface area contributed by atoms with Crippen LogP contribution < -0.4 is 0 Å². The third-order valence-corrected chi connectivity index (χ3v) is 3.97. The largest absolute Gasteiger partial charge is 0.388 e. The lowest BCUT2D eigenvalue weighted by molar-refractivity contribution is -0.270. The maximum absolute atomic E-state index is 14.2. The molecular formula is C20H20F4O4. The van der Waals surface area contributed by atoms with Crippen LogP contribution in [-0.2, 0) is 27.5 Å². The molecule has 8 heteroatoms. The van der Waals surface area contributed by atoms with Gasteiger partial charge in [0.15, 0.2) is 12.4 Å². The molecule has 0 aliphatic carbocycles. The van der Waals surface area contributed by atoms with E-state index in [9.17, 15) is 27.5 Å². The van der Waals surface area contributed by atoms with E-state index in [1.807, 2.05) is 0 Å². The van der Waals surface area contributed by atoms with Crippen LogP contribution in [0.3, 0.4) is 0 Å². The van der Waals surface area contributed by atoms with Gasteiger partial charge >= 0.3 is 11.8 Å². The number of rotatable bonds is 11. The normalized spacial score (nSPS) is 14.5. The summed E-state index contributed by atoms with van der Waals surface area (Å²) < 4.78 is 65.6. The molecule has 2 rings (SSSR count). The highest BCUT2D eigenvalue weighted by molar-refractivity contribution is 5.62. The van der Waals surface area contributed by atoms with Crippen molar-refractivity contribution in [1.82, 2.24) is 0 Å². The summed E-state index contributed by atoms with van der Waals surface area (Å²) in [6.07, 6.45) is -5.89. The molecule has 0 aliphatic rings. The lowest BCUT2D eigenvalue weighted by Crippen LogP contribution is -2.57.